The van der Waals surface area contributed by atoms with Crippen molar-refractivity contribution in [3.8, 4) is 0 Å². The Morgan fingerprint density at radius 1 is 1.21 bits per heavy atom. The fourth-order valence-electron chi connectivity index (χ4n) is 2.53. The molecule has 0 aliphatic carbocycles. The zero-order valence-corrected chi connectivity index (χ0v) is 11.1. The largest absolute Gasteiger partial charge is 0.377 e. The second-order valence-corrected chi connectivity index (χ2v) is 5.19. The fourth-order valence-corrected chi connectivity index (χ4v) is 2.53. The third-order valence-corrected chi connectivity index (χ3v) is 3.77. The molecule has 2 amide bonds. The summed E-state index contributed by atoms with van der Waals surface area (Å²) in [5, 5.41) is 0. The molecule has 1 unspecified atom stereocenters. The van der Waals surface area contributed by atoms with Crippen LogP contribution in [-0.4, -0.2) is 73.1 Å². The normalized spacial score (nSPS) is 26.4. The molecule has 7 heteroatoms. The molecule has 2 aliphatic rings. The highest BCUT2D eigenvalue weighted by molar-refractivity contribution is 5.87. The Hall–Kier alpha value is -1.18. The van der Waals surface area contributed by atoms with Crippen molar-refractivity contribution in [2.24, 2.45) is 11.5 Å². The number of likely N-dealkylation sites (tertiary alicyclic amines) is 1. The van der Waals surface area contributed by atoms with E-state index < -0.39 is 11.9 Å². The van der Waals surface area contributed by atoms with Gasteiger partial charge in [0.25, 0.3) is 0 Å². The number of hydrogen-bond acceptors (Lipinski definition) is 5. The minimum Gasteiger partial charge on any atom is -0.377 e. The van der Waals surface area contributed by atoms with E-state index in [4.69, 9.17) is 16.2 Å². The van der Waals surface area contributed by atoms with Crippen LogP contribution in [0.15, 0.2) is 0 Å². The van der Waals surface area contributed by atoms with E-state index in [9.17, 15) is 9.59 Å². The molecule has 2 saturated heterocycles. The van der Waals surface area contributed by atoms with Gasteiger partial charge in [-0.05, 0) is 12.8 Å². The van der Waals surface area contributed by atoms with E-state index >= 15 is 0 Å². The summed E-state index contributed by atoms with van der Waals surface area (Å²) in [5.74, 6) is -0.559. The van der Waals surface area contributed by atoms with E-state index in [1.54, 1.807) is 4.90 Å². The van der Waals surface area contributed by atoms with E-state index in [0.29, 0.717) is 19.7 Å². The highest BCUT2D eigenvalue weighted by Gasteiger charge is 2.32. The summed E-state index contributed by atoms with van der Waals surface area (Å²) >= 11 is 0. The Kier molecular flexibility index (Phi) is 4.73. The van der Waals surface area contributed by atoms with Crippen LogP contribution in [0.25, 0.3) is 0 Å². The minimum absolute atomic E-state index is 0.0532. The number of carbonyl (C=O) groups excluding carboxylic acids is 2. The van der Waals surface area contributed by atoms with Gasteiger partial charge in [0.1, 0.15) is 6.04 Å². The second kappa shape index (κ2) is 6.31. The Balaban J connectivity index is 1.89. The monoisotopic (exact) mass is 270 g/mol. The van der Waals surface area contributed by atoms with Crippen LogP contribution in [0, 0.1) is 0 Å². The maximum Gasteiger partial charge on any atom is 0.242 e. The van der Waals surface area contributed by atoms with E-state index in [0.717, 1.165) is 25.9 Å². The van der Waals surface area contributed by atoms with Gasteiger partial charge in [0.2, 0.25) is 11.8 Å². The Bertz CT molecular complexity index is 342. The second-order valence-electron chi connectivity index (χ2n) is 5.19. The molecule has 2 rings (SSSR count). The third kappa shape index (κ3) is 3.65. The van der Waals surface area contributed by atoms with Crippen molar-refractivity contribution in [3.63, 3.8) is 0 Å². The van der Waals surface area contributed by atoms with Gasteiger partial charge in [0.05, 0.1) is 19.8 Å². The molecule has 2 fully saturated rings. The first kappa shape index (κ1) is 14.2. The smallest absolute Gasteiger partial charge is 0.242 e. The Morgan fingerprint density at radius 2 is 1.89 bits per heavy atom. The molecule has 2 heterocycles. The van der Waals surface area contributed by atoms with Gasteiger partial charge in [-0.25, -0.2) is 0 Å². The Morgan fingerprint density at radius 3 is 2.53 bits per heavy atom. The van der Waals surface area contributed by atoms with Crippen molar-refractivity contribution >= 4 is 11.8 Å². The van der Waals surface area contributed by atoms with Gasteiger partial charge in [0, 0.05) is 25.7 Å². The lowest BCUT2D eigenvalue weighted by molar-refractivity contribution is -0.148. The van der Waals surface area contributed by atoms with Crippen LogP contribution in [0.2, 0.25) is 0 Å². The first-order chi connectivity index (χ1) is 9.08. The number of piperidine rings is 1. The van der Waals surface area contributed by atoms with Gasteiger partial charge < -0.3 is 21.1 Å². The topological polar surface area (TPSA) is 102 Å². The molecule has 0 aromatic carbocycles. The number of nitrogens with zero attached hydrogens (tertiary/aromatic N) is 2. The van der Waals surface area contributed by atoms with Gasteiger partial charge in [-0.3, -0.25) is 14.5 Å². The maximum absolute atomic E-state index is 12.3. The molecule has 0 bridgehead atoms. The zero-order chi connectivity index (χ0) is 13.8. The summed E-state index contributed by atoms with van der Waals surface area (Å²) in [6, 6.07) is -0.388. The van der Waals surface area contributed by atoms with Crippen molar-refractivity contribution in [2.45, 2.75) is 24.9 Å². The molecule has 7 nitrogen and oxygen atoms in total. The van der Waals surface area contributed by atoms with Crippen molar-refractivity contribution < 1.29 is 14.3 Å². The van der Waals surface area contributed by atoms with E-state index in [-0.39, 0.29) is 18.6 Å². The number of amides is 2. The number of morpholine rings is 1. The molecular weight excluding hydrogens is 248 g/mol. The average molecular weight is 270 g/mol. The quantitative estimate of drug-likeness (QED) is 0.625. The molecule has 0 saturated carbocycles. The van der Waals surface area contributed by atoms with Crippen LogP contribution >= 0.6 is 0 Å². The van der Waals surface area contributed by atoms with Crippen LogP contribution in [0.5, 0.6) is 0 Å². The number of primary amides is 1. The summed E-state index contributed by atoms with van der Waals surface area (Å²) in [6.45, 7) is 3.08. The van der Waals surface area contributed by atoms with E-state index in [1.165, 1.54) is 0 Å². The number of rotatable bonds is 3. The molecule has 0 aromatic heterocycles. The van der Waals surface area contributed by atoms with Crippen LogP contribution in [0.4, 0.5) is 0 Å². The third-order valence-electron chi connectivity index (χ3n) is 3.77. The van der Waals surface area contributed by atoms with Gasteiger partial charge in [-0.15, -0.1) is 0 Å². The van der Waals surface area contributed by atoms with Gasteiger partial charge in [-0.1, -0.05) is 0 Å². The van der Waals surface area contributed by atoms with Gasteiger partial charge in [0.15, 0.2) is 0 Å². The molecule has 2 aliphatic heterocycles. The molecule has 19 heavy (non-hydrogen) atoms. The van der Waals surface area contributed by atoms with Gasteiger partial charge >= 0.3 is 0 Å². The summed E-state index contributed by atoms with van der Waals surface area (Å²) in [6.07, 6.45) is 1.82. The van der Waals surface area contributed by atoms with Crippen molar-refractivity contribution in [1.29, 1.82) is 0 Å². The zero-order valence-electron chi connectivity index (χ0n) is 11.1. The lowest BCUT2D eigenvalue weighted by atomic mass is 10.1. The highest BCUT2D eigenvalue weighted by atomic mass is 16.5. The summed E-state index contributed by atoms with van der Waals surface area (Å²) in [5.41, 5.74) is 11.1. The molecule has 108 valence electrons. The Labute approximate surface area is 112 Å². The number of hydrogen-bond donors (Lipinski definition) is 2. The van der Waals surface area contributed by atoms with Crippen LogP contribution in [-0.2, 0) is 14.3 Å². The molecular formula is C12H22N4O3. The number of carbonyl (C=O) groups is 2. The summed E-state index contributed by atoms with van der Waals surface area (Å²) in [4.78, 5) is 27.2. The predicted octanol–water partition coefficient (Wildman–Crippen LogP) is -1.88. The lowest BCUT2D eigenvalue weighted by Crippen LogP contribution is -2.57. The number of nitrogens with two attached hydrogens (primary N) is 2. The standard InChI is InChI=1S/C12H22N4O3/c13-9-1-3-15(4-2-9)7-11(17)16-5-6-19-8-10(16)12(14)18/h9-10H,1-8,13H2,(H2,14,18). The summed E-state index contributed by atoms with van der Waals surface area (Å²) < 4.78 is 5.20. The highest BCUT2D eigenvalue weighted by Crippen LogP contribution is 2.11. The molecule has 0 aromatic rings. The van der Waals surface area contributed by atoms with Crippen LogP contribution in [0.3, 0.4) is 0 Å². The van der Waals surface area contributed by atoms with Crippen LogP contribution in [0.1, 0.15) is 12.8 Å². The SMILES string of the molecule is NC(=O)C1COCCN1C(=O)CN1CCC(N)CC1. The van der Waals surface area contributed by atoms with E-state index in [2.05, 4.69) is 4.90 Å². The van der Waals surface area contributed by atoms with Crippen LogP contribution < -0.4 is 11.5 Å². The van der Waals surface area contributed by atoms with Crippen molar-refractivity contribution in [2.75, 3.05) is 39.4 Å². The molecule has 0 radical (unpaired) electrons. The maximum atomic E-state index is 12.3. The van der Waals surface area contributed by atoms with Crippen molar-refractivity contribution in [3.05, 3.63) is 0 Å². The molecule has 1 atom stereocenters. The lowest BCUT2D eigenvalue weighted by Gasteiger charge is -2.36. The molecule has 0 spiro atoms. The molecule has 4 N–H and O–H groups in total. The first-order valence-corrected chi connectivity index (χ1v) is 6.72. The minimum atomic E-state index is -0.631. The average Bonchev–Trinajstić information content (AvgIpc) is 2.41. The predicted molar refractivity (Wildman–Crippen MR) is 69.2 cm³/mol. The fraction of sp³-hybridized carbons (Fsp3) is 0.833. The first-order valence-electron chi connectivity index (χ1n) is 6.72. The van der Waals surface area contributed by atoms with E-state index in [1.807, 2.05) is 0 Å². The van der Waals surface area contributed by atoms with Crippen molar-refractivity contribution in [1.82, 2.24) is 9.80 Å². The van der Waals surface area contributed by atoms with Gasteiger partial charge in [-0.2, -0.15) is 0 Å². The summed E-state index contributed by atoms with van der Waals surface area (Å²) in [7, 11) is 0. The number of ether oxygens (including phenoxy) is 1.